The first kappa shape index (κ1) is 33.0. The van der Waals surface area contributed by atoms with E-state index in [-0.39, 0.29) is 44.5 Å². The highest BCUT2D eigenvalue weighted by molar-refractivity contribution is 5.80. The number of ether oxygens (including phenoxy) is 3. The largest absolute Gasteiger partial charge is 0.480 e. The summed E-state index contributed by atoms with van der Waals surface area (Å²) < 4.78 is 31.1. The Bertz CT molecular complexity index is 1270. The van der Waals surface area contributed by atoms with Crippen LogP contribution in [-0.2, 0) is 25.6 Å². The number of amides is 2. The molecule has 13 nitrogen and oxygen atoms in total. The van der Waals surface area contributed by atoms with Gasteiger partial charge in [0.05, 0.1) is 24.1 Å². The third-order valence-electron chi connectivity index (χ3n) is 6.39. The Morgan fingerprint density at radius 1 is 1.14 bits per heavy atom. The molecule has 14 heteroatoms. The number of carboxylic acids is 1. The quantitative estimate of drug-likeness (QED) is 0.180. The number of rotatable bonds is 14. The van der Waals surface area contributed by atoms with Crippen molar-refractivity contribution in [1.82, 2.24) is 10.2 Å². The molecule has 0 radical (unpaired) electrons. The second-order valence-corrected chi connectivity index (χ2v) is 11.0. The van der Waals surface area contributed by atoms with Gasteiger partial charge in [-0.3, -0.25) is 10.1 Å². The Hall–Kier alpha value is -4.46. The Labute approximate surface area is 248 Å². The molecule has 1 fully saturated rings. The smallest absolute Gasteiger partial charge is 0.410 e. The number of benzene rings is 2. The number of hydrogen-bond donors (Lipinski definition) is 2. The fraction of sp³-hybridized carbons (Fsp3) is 0.483. The zero-order valence-electron chi connectivity index (χ0n) is 24.4. The maximum absolute atomic E-state index is 14.9. The number of alkyl carbamates (subject to hydrolysis) is 1. The number of carbonyl (C=O) groups excluding carboxylic acids is 2. The van der Waals surface area contributed by atoms with Crippen molar-refractivity contribution in [2.45, 2.75) is 58.0 Å². The van der Waals surface area contributed by atoms with E-state index in [0.29, 0.717) is 25.1 Å². The van der Waals surface area contributed by atoms with Crippen molar-refractivity contribution < 1.29 is 43.0 Å². The number of nitro groups is 1. The van der Waals surface area contributed by atoms with Crippen molar-refractivity contribution in [2.75, 3.05) is 37.7 Å². The fourth-order valence-electron chi connectivity index (χ4n) is 4.27. The van der Waals surface area contributed by atoms with Crippen LogP contribution in [0, 0.1) is 15.9 Å². The van der Waals surface area contributed by atoms with E-state index < -0.39 is 46.2 Å². The molecule has 2 aromatic carbocycles. The summed E-state index contributed by atoms with van der Waals surface area (Å²) in [5.74, 6) is -2.19. The topological polar surface area (TPSA) is 161 Å². The first-order valence-electron chi connectivity index (χ1n) is 13.8. The number of para-hydroxylation sites is 1. The number of likely N-dealkylation sites (tertiary alicyclic amines) is 1. The zero-order valence-corrected chi connectivity index (χ0v) is 24.4. The summed E-state index contributed by atoms with van der Waals surface area (Å²) in [6.07, 6.45) is -1.48. The SMILES string of the molecule is CC(C)(C)OC(=O)N1CC(OCCCN(CC[C@H](NC(=O)OCc2ccccc2)C(=O)O)c2c(F)cccc2[N+](=O)[O-])C1. The number of carboxylic acid groups (broad SMARTS) is 1. The molecule has 2 amide bonds. The number of anilines is 1. The van der Waals surface area contributed by atoms with Gasteiger partial charge in [0.15, 0.2) is 11.5 Å². The Morgan fingerprint density at radius 2 is 1.84 bits per heavy atom. The molecule has 234 valence electrons. The Morgan fingerprint density at radius 3 is 2.47 bits per heavy atom. The summed E-state index contributed by atoms with van der Waals surface area (Å²) in [7, 11) is 0. The lowest BCUT2D eigenvalue weighted by atomic mass is 10.1. The number of nitro benzene ring substituents is 1. The van der Waals surface area contributed by atoms with Crippen molar-refractivity contribution in [2.24, 2.45) is 0 Å². The van der Waals surface area contributed by atoms with E-state index in [1.165, 1.54) is 15.9 Å². The molecule has 1 aliphatic rings. The minimum atomic E-state index is -1.40. The van der Waals surface area contributed by atoms with Crippen molar-refractivity contribution in [3.63, 3.8) is 0 Å². The molecule has 1 atom stereocenters. The lowest BCUT2D eigenvalue weighted by molar-refractivity contribution is -0.384. The predicted octanol–water partition coefficient (Wildman–Crippen LogP) is 4.34. The van der Waals surface area contributed by atoms with Gasteiger partial charge in [0, 0.05) is 25.8 Å². The van der Waals surface area contributed by atoms with Crippen LogP contribution in [-0.4, -0.2) is 83.6 Å². The lowest BCUT2D eigenvalue weighted by Gasteiger charge is -2.39. The van der Waals surface area contributed by atoms with Crippen LogP contribution in [0.15, 0.2) is 48.5 Å². The summed E-state index contributed by atoms with van der Waals surface area (Å²) in [6.45, 7) is 6.13. The second-order valence-electron chi connectivity index (χ2n) is 11.0. The molecule has 2 N–H and O–H groups in total. The molecule has 0 bridgehead atoms. The molecule has 1 heterocycles. The van der Waals surface area contributed by atoms with Crippen LogP contribution in [0.2, 0.25) is 0 Å². The molecule has 3 rings (SSSR count). The molecule has 43 heavy (non-hydrogen) atoms. The van der Waals surface area contributed by atoms with Gasteiger partial charge in [-0.25, -0.2) is 18.8 Å². The summed E-state index contributed by atoms with van der Waals surface area (Å²) in [5, 5.41) is 23.7. The summed E-state index contributed by atoms with van der Waals surface area (Å²) in [6, 6.07) is 10.9. The monoisotopic (exact) mass is 604 g/mol. The number of aliphatic carboxylic acids is 1. The van der Waals surface area contributed by atoms with Crippen molar-refractivity contribution in [3.05, 3.63) is 70.0 Å². The summed E-state index contributed by atoms with van der Waals surface area (Å²) >= 11 is 0. The van der Waals surface area contributed by atoms with Crippen molar-refractivity contribution in [1.29, 1.82) is 0 Å². The first-order chi connectivity index (χ1) is 20.3. The molecule has 0 aliphatic carbocycles. The number of halogens is 1. The third kappa shape index (κ3) is 10.4. The van der Waals surface area contributed by atoms with Crippen LogP contribution < -0.4 is 10.2 Å². The van der Waals surface area contributed by atoms with Gasteiger partial charge in [-0.05, 0) is 45.2 Å². The van der Waals surface area contributed by atoms with Crippen LogP contribution in [0.4, 0.5) is 25.4 Å². The van der Waals surface area contributed by atoms with Crippen molar-refractivity contribution in [3.8, 4) is 0 Å². The molecule has 0 spiro atoms. The normalized spacial score (nSPS) is 13.9. The van der Waals surface area contributed by atoms with Crippen LogP contribution >= 0.6 is 0 Å². The van der Waals surface area contributed by atoms with Gasteiger partial charge in [-0.15, -0.1) is 0 Å². The minimum Gasteiger partial charge on any atom is -0.480 e. The number of nitrogens with one attached hydrogen (secondary N) is 1. The van der Waals surface area contributed by atoms with E-state index in [4.69, 9.17) is 14.2 Å². The fourth-order valence-corrected chi connectivity index (χ4v) is 4.27. The molecule has 2 aromatic rings. The summed E-state index contributed by atoms with van der Waals surface area (Å²) in [4.78, 5) is 50.1. The number of hydrogen-bond acceptors (Lipinski definition) is 9. The Kier molecular flexibility index (Phi) is 11.6. The standard InChI is InChI=1S/C29H37FN4O9/c1-29(2,3)43-28(38)33-17-21(18-33)41-16-8-14-32(25-22(30)11-7-12-24(25)34(39)40)15-13-23(26(35)36)31-27(37)42-19-20-9-5-4-6-10-20/h4-7,9-12,21,23H,8,13-19H2,1-3H3,(H,31,37)(H,35,36)/t23-/m0/s1. The number of nitrogens with zero attached hydrogens (tertiary/aromatic N) is 3. The van der Waals surface area contributed by atoms with E-state index >= 15 is 0 Å². The lowest BCUT2D eigenvalue weighted by Crippen LogP contribution is -2.56. The van der Waals surface area contributed by atoms with E-state index in [1.807, 2.05) is 0 Å². The highest BCUT2D eigenvalue weighted by atomic mass is 19.1. The van der Waals surface area contributed by atoms with Crippen LogP contribution in [0.1, 0.15) is 39.2 Å². The van der Waals surface area contributed by atoms with Gasteiger partial charge in [0.1, 0.15) is 18.2 Å². The van der Waals surface area contributed by atoms with E-state index in [0.717, 1.165) is 12.1 Å². The van der Waals surface area contributed by atoms with Gasteiger partial charge >= 0.3 is 18.2 Å². The van der Waals surface area contributed by atoms with E-state index in [1.54, 1.807) is 51.1 Å². The van der Waals surface area contributed by atoms with Crippen molar-refractivity contribution >= 4 is 29.5 Å². The maximum Gasteiger partial charge on any atom is 0.410 e. The molecule has 0 aromatic heterocycles. The maximum atomic E-state index is 14.9. The van der Waals surface area contributed by atoms with Gasteiger partial charge < -0.3 is 34.4 Å². The third-order valence-corrected chi connectivity index (χ3v) is 6.39. The Balaban J connectivity index is 1.58. The number of carbonyl (C=O) groups is 3. The van der Waals surface area contributed by atoms with Gasteiger partial charge in [-0.1, -0.05) is 36.4 Å². The highest BCUT2D eigenvalue weighted by Crippen LogP contribution is 2.31. The summed E-state index contributed by atoms with van der Waals surface area (Å²) in [5.41, 5.74) is -0.665. The van der Waals surface area contributed by atoms with Gasteiger partial charge in [-0.2, -0.15) is 0 Å². The van der Waals surface area contributed by atoms with Crippen LogP contribution in [0.25, 0.3) is 0 Å². The van der Waals surface area contributed by atoms with E-state index in [9.17, 15) is 34.0 Å². The molecule has 0 unspecified atom stereocenters. The average molecular weight is 605 g/mol. The zero-order chi connectivity index (χ0) is 31.6. The molecule has 1 aliphatic heterocycles. The molecule has 0 saturated carbocycles. The molecule has 1 saturated heterocycles. The predicted molar refractivity (Wildman–Crippen MR) is 153 cm³/mol. The first-order valence-corrected chi connectivity index (χ1v) is 13.8. The van der Waals surface area contributed by atoms with Gasteiger partial charge in [0.25, 0.3) is 5.69 Å². The molecular formula is C29H37FN4O9. The van der Waals surface area contributed by atoms with E-state index in [2.05, 4.69) is 5.32 Å². The second kappa shape index (κ2) is 15.1. The van der Waals surface area contributed by atoms with Crippen LogP contribution in [0.3, 0.4) is 0 Å². The van der Waals surface area contributed by atoms with Gasteiger partial charge in [0.2, 0.25) is 0 Å². The highest BCUT2D eigenvalue weighted by Gasteiger charge is 2.34. The van der Waals surface area contributed by atoms with Crippen LogP contribution in [0.5, 0.6) is 0 Å². The minimum absolute atomic E-state index is 0.0664. The average Bonchev–Trinajstić information content (AvgIpc) is 2.91. The molecular weight excluding hydrogens is 567 g/mol.